The largest absolute Gasteiger partial charge is 0.352 e. The number of carbonyl (C=O) groups is 1. The van der Waals surface area contributed by atoms with Crippen LogP contribution >= 0.6 is 0 Å². The van der Waals surface area contributed by atoms with Gasteiger partial charge in [-0.25, -0.2) is 0 Å². The van der Waals surface area contributed by atoms with Crippen LogP contribution in [0.5, 0.6) is 0 Å². The Labute approximate surface area is 123 Å². The monoisotopic (exact) mass is 273 g/mol. The van der Waals surface area contributed by atoms with Gasteiger partial charge in [-0.15, -0.1) is 0 Å². The van der Waals surface area contributed by atoms with Gasteiger partial charge in [0.2, 0.25) is 0 Å². The maximum atomic E-state index is 11.9. The van der Waals surface area contributed by atoms with Crippen LogP contribution in [0.2, 0.25) is 0 Å². The van der Waals surface area contributed by atoms with Gasteiger partial charge in [-0.3, -0.25) is 4.79 Å². The summed E-state index contributed by atoms with van der Waals surface area (Å²) < 4.78 is 0. The molecular formula is C18H27NO. The van der Waals surface area contributed by atoms with Crippen molar-refractivity contribution in [3.05, 3.63) is 41.5 Å². The number of hydrogen-bond donors (Lipinski definition) is 1. The summed E-state index contributed by atoms with van der Waals surface area (Å²) in [5.41, 5.74) is 3.29. The van der Waals surface area contributed by atoms with E-state index in [0.29, 0.717) is 12.5 Å². The van der Waals surface area contributed by atoms with Gasteiger partial charge in [0.15, 0.2) is 0 Å². The molecule has 0 atom stereocenters. The van der Waals surface area contributed by atoms with Gasteiger partial charge in [-0.05, 0) is 41.5 Å². The molecule has 0 saturated carbocycles. The third kappa shape index (κ3) is 5.60. The predicted octanol–water partition coefficient (Wildman–Crippen LogP) is 4.52. The zero-order valence-corrected chi connectivity index (χ0v) is 13.6. The number of nitrogens with one attached hydrogen (secondary N) is 1. The molecule has 1 aromatic carbocycles. The van der Waals surface area contributed by atoms with Crippen molar-refractivity contribution in [2.45, 2.75) is 41.5 Å². The minimum Gasteiger partial charge on any atom is -0.352 e. The fourth-order valence-electron chi connectivity index (χ4n) is 2.02. The minimum atomic E-state index is 0.00250. The normalized spacial score (nSPS) is 12.7. The molecule has 0 saturated heterocycles. The lowest BCUT2D eigenvalue weighted by molar-refractivity contribution is 0.0949. The van der Waals surface area contributed by atoms with Gasteiger partial charge >= 0.3 is 0 Å². The molecule has 0 radical (unpaired) electrons. The van der Waals surface area contributed by atoms with Gasteiger partial charge in [-0.2, -0.15) is 0 Å². The van der Waals surface area contributed by atoms with Gasteiger partial charge in [0.1, 0.15) is 0 Å². The lowest BCUT2D eigenvalue weighted by Crippen LogP contribution is -2.27. The van der Waals surface area contributed by atoms with E-state index in [1.54, 1.807) is 0 Å². The van der Waals surface area contributed by atoms with E-state index in [2.05, 4.69) is 52.9 Å². The Morgan fingerprint density at radius 1 is 1.15 bits per heavy atom. The van der Waals surface area contributed by atoms with Crippen molar-refractivity contribution in [3.63, 3.8) is 0 Å². The Kier molecular flexibility index (Phi) is 5.55. The number of amides is 1. The second-order valence-electron chi connectivity index (χ2n) is 6.87. The van der Waals surface area contributed by atoms with E-state index in [1.165, 1.54) is 11.1 Å². The lowest BCUT2D eigenvalue weighted by Gasteiger charge is -2.14. The summed E-state index contributed by atoms with van der Waals surface area (Å²) in [6.07, 6.45) is 2.25. The lowest BCUT2D eigenvalue weighted by atomic mass is 9.91. The van der Waals surface area contributed by atoms with E-state index in [1.807, 2.05) is 24.3 Å². The maximum Gasteiger partial charge on any atom is 0.251 e. The summed E-state index contributed by atoms with van der Waals surface area (Å²) in [5.74, 6) is 0.470. The van der Waals surface area contributed by atoms with Crippen molar-refractivity contribution in [3.8, 4) is 0 Å². The maximum absolute atomic E-state index is 11.9. The summed E-state index contributed by atoms with van der Waals surface area (Å²) in [4.78, 5) is 11.9. The molecule has 0 unspecified atom stereocenters. The smallest absolute Gasteiger partial charge is 0.251 e. The first-order valence-electron chi connectivity index (χ1n) is 7.27. The highest BCUT2D eigenvalue weighted by Crippen LogP contribution is 2.23. The van der Waals surface area contributed by atoms with Crippen LogP contribution < -0.4 is 5.32 Å². The average Bonchev–Trinajstić information content (AvgIpc) is 2.34. The molecule has 2 nitrogen and oxygen atoms in total. The standard InChI is InChI=1S/C18H27NO/c1-13(2)12-19-17(20)16-9-7-15(8-10-16)14(3)11-18(4,5)6/h7-11,13H,12H2,1-6H3,(H,19,20)/b14-11+. The van der Waals surface area contributed by atoms with Crippen molar-refractivity contribution in [2.24, 2.45) is 11.3 Å². The van der Waals surface area contributed by atoms with Crippen molar-refractivity contribution in [1.82, 2.24) is 5.32 Å². The van der Waals surface area contributed by atoms with Crippen LogP contribution in [-0.4, -0.2) is 12.5 Å². The second kappa shape index (κ2) is 6.74. The molecule has 110 valence electrons. The zero-order chi connectivity index (χ0) is 15.3. The molecule has 2 heteroatoms. The summed E-state index contributed by atoms with van der Waals surface area (Å²) in [7, 11) is 0. The fourth-order valence-corrected chi connectivity index (χ4v) is 2.02. The molecule has 1 aromatic rings. The van der Waals surface area contributed by atoms with Gasteiger partial charge < -0.3 is 5.32 Å². The highest BCUT2D eigenvalue weighted by molar-refractivity contribution is 5.94. The van der Waals surface area contributed by atoms with Crippen LogP contribution in [-0.2, 0) is 0 Å². The van der Waals surface area contributed by atoms with Crippen LogP contribution in [0, 0.1) is 11.3 Å². The van der Waals surface area contributed by atoms with Crippen molar-refractivity contribution in [1.29, 1.82) is 0 Å². The van der Waals surface area contributed by atoms with Crippen LogP contribution in [0.4, 0.5) is 0 Å². The zero-order valence-electron chi connectivity index (χ0n) is 13.6. The van der Waals surface area contributed by atoms with Crippen LogP contribution in [0.15, 0.2) is 30.3 Å². The Balaban J connectivity index is 2.79. The molecular weight excluding hydrogens is 246 g/mol. The Hall–Kier alpha value is -1.57. The first-order chi connectivity index (χ1) is 9.19. The van der Waals surface area contributed by atoms with Crippen LogP contribution in [0.1, 0.15) is 57.5 Å². The fraction of sp³-hybridized carbons (Fsp3) is 0.500. The second-order valence-corrected chi connectivity index (χ2v) is 6.87. The molecule has 20 heavy (non-hydrogen) atoms. The van der Waals surface area contributed by atoms with Crippen molar-refractivity contribution in [2.75, 3.05) is 6.54 Å². The van der Waals surface area contributed by atoms with E-state index in [4.69, 9.17) is 0 Å². The Bertz CT molecular complexity index is 475. The van der Waals surface area contributed by atoms with E-state index in [0.717, 1.165) is 5.56 Å². The molecule has 0 spiro atoms. The average molecular weight is 273 g/mol. The summed E-state index contributed by atoms with van der Waals surface area (Å²) in [6, 6.07) is 7.82. The van der Waals surface area contributed by atoms with E-state index < -0.39 is 0 Å². The number of hydrogen-bond acceptors (Lipinski definition) is 1. The molecule has 0 aliphatic rings. The minimum absolute atomic E-state index is 0.00250. The van der Waals surface area contributed by atoms with Crippen molar-refractivity contribution >= 4 is 11.5 Å². The third-order valence-corrected chi connectivity index (χ3v) is 2.92. The number of rotatable bonds is 4. The topological polar surface area (TPSA) is 29.1 Å². The van der Waals surface area contributed by atoms with E-state index >= 15 is 0 Å². The third-order valence-electron chi connectivity index (χ3n) is 2.92. The molecule has 0 heterocycles. The molecule has 1 amide bonds. The quantitative estimate of drug-likeness (QED) is 0.858. The Morgan fingerprint density at radius 2 is 1.65 bits per heavy atom. The summed E-state index contributed by atoms with van der Waals surface area (Å²) in [6.45, 7) is 13.6. The number of allylic oxidation sites excluding steroid dienone is 2. The van der Waals surface area contributed by atoms with E-state index in [9.17, 15) is 4.79 Å². The number of benzene rings is 1. The molecule has 1 N–H and O–H groups in total. The summed E-state index contributed by atoms with van der Waals surface area (Å²) >= 11 is 0. The first-order valence-corrected chi connectivity index (χ1v) is 7.27. The Morgan fingerprint density at radius 3 is 2.10 bits per heavy atom. The predicted molar refractivity (Wildman–Crippen MR) is 86.7 cm³/mol. The molecule has 0 bridgehead atoms. The highest BCUT2D eigenvalue weighted by Gasteiger charge is 2.09. The van der Waals surface area contributed by atoms with Gasteiger partial charge in [0.05, 0.1) is 0 Å². The molecule has 0 fully saturated rings. The summed E-state index contributed by atoms with van der Waals surface area (Å²) in [5, 5.41) is 2.93. The van der Waals surface area contributed by atoms with Crippen molar-refractivity contribution < 1.29 is 4.79 Å². The highest BCUT2D eigenvalue weighted by atomic mass is 16.1. The van der Waals surface area contributed by atoms with Gasteiger partial charge in [0.25, 0.3) is 5.91 Å². The van der Waals surface area contributed by atoms with Gasteiger partial charge in [0, 0.05) is 12.1 Å². The van der Waals surface area contributed by atoms with Crippen LogP contribution in [0.3, 0.4) is 0 Å². The van der Waals surface area contributed by atoms with E-state index in [-0.39, 0.29) is 11.3 Å². The molecule has 0 aromatic heterocycles. The van der Waals surface area contributed by atoms with Crippen LogP contribution in [0.25, 0.3) is 5.57 Å². The molecule has 1 rings (SSSR count). The first kappa shape index (κ1) is 16.5. The van der Waals surface area contributed by atoms with Gasteiger partial charge in [-0.1, -0.05) is 52.8 Å². The molecule has 0 aliphatic carbocycles. The molecule has 0 aliphatic heterocycles. The SMILES string of the molecule is C/C(=C\C(C)(C)C)c1ccc(C(=O)NCC(C)C)cc1. The number of carbonyl (C=O) groups excluding carboxylic acids is 1.